The normalized spacial score (nSPS) is 11.1. The topological polar surface area (TPSA) is 65.7 Å². The highest BCUT2D eigenvalue weighted by Crippen LogP contribution is 2.20. The molecule has 0 bridgehead atoms. The predicted octanol–water partition coefficient (Wildman–Crippen LogP) is 5.76. The van der Waals surface area contributed by atoms with Crippen molar-refractivity contribution < 1.29 is 18.7 Å². The summed E-state index contributed by atoms with van der Waals surface area (Å²) in [5.74, 6) is 0.723. The molecule has 2 aromatic carbocycles. The van der Waals surface area contributed by atoms with Gasteiger partial charge in [-0.15, -0.1) is 0 Å². The van der Waals surface area contributed by atoms with E-state index in [1.807, 2.05) is 24.3 Å². The van der Waals surface area contributed by atoms with Crippen LogP contribution < -0.4 is 15.1 Å². The van der Waals surface area contributed by atoms with E-state index >= 15 is 0 Å². The second kappa shape index (κ2) is 11.0. The standard InChI is InChI=1S/C25H26O5/c1-2-3-4-5-6-17-28-21-11-7-19(8-12-21)9-15-24(26)29-22-13-14-23-20(18-22)10-16-25(27)30-23/h7-16,18H,2-6,17H2,1H3/b15-9+. The van der Waals surface area contributed by atoms with Gasteiger partial charge in [-0.3, -0.25) is 0 Å². The van der Waals surface area contributed by atoms with E-state index in [-0.39, 0.29) is 0 Å². The Morgan fingerprint density at radius 2 is 1.70 bits per heavy atom. The van der Waals surface area contributed by atoms with E-state index in [2.05, 4.69) is 6.92 Å². The van der Waals surface area contributed by atoms with E-state index < -0.39 is 11.6 Å². The van der Waals surface area contributed by atoms with E-state index in [1.165, 1.54) is 37.8 Å². The monoisotopic (exact) mass is 406 g/mol. The molecule has 0 saturated heterocycles. The third kappa shape index (κ3) is 6.62. The molecule has 5 nitrogen and oxygen atoms in total. The van der Waals surface area contributed by atoms with Crippen molar-refractivity contribution in [3.8, 4) is 11.5 Å². The smallest absolute Gasteiger partial charge is 0.336 e. The number of rotatable bonds is 10. The molecule has 0 unspecified atom stereocenters. The quantitative estimate of drug-likeness (QED) is 0.141. The largest absolute Gasteiger partial charge is 0.494 e. The Morgan fingerprint density at radius 1 is 0.933 bits per heavy atom. The predicted molar refractivity (Wildman–Crippen MR) is 118 cm³/mol. The fraction of sp³-hybridized carbons (Fsp3) is 0.280. The number of carbonyl (C=O) groups excluding carboxylic acids is 1. The average Bonchev–Trinajstić information content (AvgIpc) is 2.75. The summed E-state index contributed by atoms with van der Waals surface area (Å²) in [6, 6.07) is 15.4. The molecule has 0 N–H and O–H groups in total. The highest BCUT2D eigenvalue weighted by molar-refractivity contribution is 5.89. The molecule has 0 atom stereocenters. The van der Waals surface area contributed by atoms with Crippen molar-refractivity contribution in [3.63, 3.8) is 0 Å². The minimum absolute atomic E-state index is 0.383. The lowest BCUT2D eigenvalue weighted by atomic mass is 10.2. The van der Waals surface area contributed by atoms with Crippen LogP contribution in [0, 0.1) is 0 Å². The number of fused-ring (bicyclic) bond motifs is 1. The second-order valence-corrected chi connectivity index (χ2v) is 7.04. The maximum absolute atomic E-state index is 12.1. The Kier molecular flexibility index (Phi) is 7.84. The van der Waals surface area contributed by atoms with Gasteiger partial charge in [0, 0.05) is 17.5 Å². The molecule has 1 heterocycles. The summed E-state index contributed by atoms with van der Waals surface area (Å²) < 4.78 is 16.1. The zero-order valence-electron chi connectivity index (χ0n) is 17.1. The molecular formula is C25H26O5. The Hall–Kier alpha value is -3.34. The minimum atomic E-state index is -0.487. The zero-order valence-corrected chi connectivity index (χ0v) is 17.1. The van der Waals surface area contributed by atoms with Crippen molar-refractivity contribution in [1.29, 1.82) is 0 Å². The molecule has 0 fully saturated rings. The number of hydrogen-bond acceptors (Lipinski definition) is 5. The maximum atomic E-state index is 12.1. The number of esters is 1. The average molecular weight is 406 g/mol. The minimum Gasteiger partial charge on any atom is -0.494 e. The summed E-state index contributed by atoms with van der Waals surface area (Å²) >= 11 is 0. The molecular weight excluding hydrogens is 380 g/mol. The van der Waals surface area contributed by atoms with Gasteiger partial charge in [-0.25, -0.2) is 9.59 Å². The molecule has 0 saturated carbocycles. The Labute approximate surface area is 175 Å². The van der Waals surface area contributed by atoms with Gasteiger partial charge < -0.3 is 13.9 Å². The maximum Gasteiger partial charge on any atom is 0.336 e. The lowest BCUT2D eigenvalue weighted by Gasteiger charge is -2.06. The second-order valence-electron chi connectivity index (χ2n) is 7.04. The molecule has 0 amide bonds. The van der Waals surface area contributed by atoms with Gasteiger partial charge >= 0.3 is 11.6 Å². The van der Waals surface area contributed by atoms with Gasteiger partial charge in [-0.1, -0.05) is 44.7 Å². The van der Waals surface area contributed by atoms with Crippen molar-refractivity contribution in [1.82, 2.24) is 0 Å². The highest BCUT2D eigenvalue weighted by atomic mass is 16.5. The molecule has 0 radical (unpaired) electrons. The van der Waals surface area contributed by atoms with Crippen LogP contribution in [0.1, 0.15) is 44.6 Å². The molecule has 30 heavy (non-hydrogen) atoms. The molecule has 5 heteroatoms. The van der Waals surface area contributed by atoms with Gasteiger partial charge in [-0.05, 0) is 54.5 Å². The first-order valence-corrected chi connectivity index (χ1v) is 10.3. The number of unbranched alkanes of at least 4 members (excludes halogenated alkanes) is 4. The third-order valence-electron chi connectivity index (χ3n) is 4.62. The lowest BCUT2D eigenvalue weighted by Crippen LogP contribution is -2.03. The summed E-state index contributed by atoms with van der Waals surface area (Å²) in [6.45, 7) is 2.93. The Bertz CT molecular complexity index is 1050. The van der Waals surface area contributed by atoms with Crippen LogP contribution in [-0.2, 0) is 4.79 Å². The molecule has 156 valence electrons. The van der Waals surface area contributed by atoms with Crippen molar-refractivity contribution in [3.05, 3.63) is 76.7 Å². The molecule has 0 aliphatic carbocycles. The molecule has 3 rings (SSSR count). The Balaban J connectivity index is 1.48. The zero-order chi connectivity index (χ0) is 21.2. The van der Waals surface area contributed by atoms with E-state index in [0.717, 1.165) is 24.3 Å². The summed E-state index contributed by atoms with van der Waals surface area (Å²) in [5, 5.41) is 0.685. The summed E-state index contributed by atoms with van der Waals surface area (Å²) in [5.41, 5.74) is 0.905. The summed E-state index contributed by atoms with van der Waals surface area (Å²) in [7, 11) is 0. The van der Waals surface area contributed by atoms with Gasteiger partial charge in [0.15, 0.2) is 0 Å². The van der Waals surface area contributed by atoms with E-state index in [4.69, 9.17) is 13.9 Å². The van der Waals surface area contributed by atoms with Gasteiger partial charge in [-0.2, -0.15) is 0 Å². The van der Waals surface area contributed by atoms with Gasteiger partial charge in [0.05, 0.1) is 6.61 Å². The fourth-order valence-corrected chi connectivity index (χ4v) is 3.00. The van der Waals surface area contributed by atoms with Crippen LogP contribution >= 0.6 is 0 Å². The fourth-order valence-electron chi connectivity index (χ4n) is 3.00. The number of benzene rings is 2. The first kappa shape index (κ1) is 21.4. The van der Waals surface area contributed by atoms with Crippen LogP contribution in [-0.4, -0.2) is 12.6 Å². The van der Waals surface area contributed by atoms with Gasteiger partial charge in [0.1, 0.15) is 17.1 Å². The summed E-state index contributed by atoms with van der Waals surface area (Å²) in [4.78, 5) is 23.3. The van der Waals surface area contributed by atoms with Crippen LogP contribution in [0.3, 0.4) is 0 Å². The first-order valence-electron chi connectivity index (χ1n) is 10.3. The highest BCUT2D eigenvalue weighted by Gasteiger charge is 2.04. The van der Waals surface area contributed by atoms with Crippen molar-refractivity contribution >= 4 is 23.0 Å². The van der Waals surface area contributed by atoms with Crippen LogP contribution in [0.4, 0.5) is 0 Å². The van der Waals surface area contributed by atoms with Crippen molar-refractivity contribution in [2.24, 2.45) is 0 Å². The van der Waals surface area contributed by atoms with Crippen LogP contribution in [0.2, 0.25) is 0 Å². The van der Waals surface area contributed by atoms with Crippen LogP contribution in [0.5, 0.6) is 11.5 Å². The molecule has 0 aliphatic heterocycles. The van der Waals surface area contributed by atoms with Crippen LogP contribution in [0.25, 0.3) is 17.0 Å². The third-order valence-corrected chi connectivity index (χ3v) is 4.62. The van der Waals surface area contributed by atoms with E-state index in [9.17, 15) is 9.59 Å². The molecule has 0 spiro atoms. The van der Waals surface area contributed by atoms with E-state index in [1.54, 1.807) is 30.3 Å². The van der Waals surface area contributed by atoms with Gasteiger partial charge in [0.25, 0.3) is 0 Å². The molecule has 3 aromatic rings. The summed E-state index contributed by atoms with van der Waals surface area (Å²) in [6.07, 6.45) is 9.11. The Morgan fingerprint density at radius 3 is 2.50 bits per heavy atom. The molecule has 1 aromatic heterocycles. The van der Waals surface area contributed by atoms with Crippen molar-refractivity contribution in [2.45, 2.75) is 39.0 Å². The number of carbonyl (C=O) groups is 1. The van der Waals surface area contributed by atoms with Gasteiger partial charge in [0.2, 0.25) is 0 Å². The molecule has 0 aliphatic rings. The SMILES string of the molecule is CCCCCCCOc1ccc(/C=C/C(=O)Oc2ccc3oc(=O)ccc3c2)cc1. The number of ether oxygens (including phenoxy) is 2. The number of hydrogen-bond donors (Lipinski definition) is 0. The first-order chi connectivity index (χ1) is 14.6. The van der Waals surface area contributed by atoms with E-state index in [0.29, 0.717) is 16.7 Å². The van der Waals surface area contributed by atoms with Crippen LogP contribution in [0.15, 0.2) is 69.9 Å². The van der Waals surface area contributed by atoms with Crippen molar-refractivity contribution in [2.75, 3.05) is 6.61 Å². The lowest BCUT2D eigenvalue weighted by molar-refractivity contribution is -0.128.